The van der Waals surface area contributed by atoms with E-state index in [1.54, 1.807) is 26.4 Å². The lowest BCUT2D eigenvalue weighted by molar-refractivity contribution is 0.355. The van der Waals surface area contributed by atoms with Crippen molar-refractivity contribution in [3.05, 3.63) is 108 Å². The molecule has 0 fully saturated rings. The zero-order chi connectivity index (χ0) is 25.4. The first-order chi connectivity index (χ1) is 18.1. The fraction of sp³-hybridized carbons (Fsp3) is 0.107. The van der Waals surface area contributed by atoms with Gasteiger partial charge in [0.15, 0.2) is 11.5 Å². The molecule has 5 aromatic rings. The quantitative estimate of drug-likeness (QED) is 0.343. The first-order valence-electron chi connectivity index (χ1n) is 11.7. The smallest absolute Gasteiger partial charge is 0.226 e. The van der Waals surface area contributed by atoms with Crippen molar-refractivity contribution in [2.24, 2.45) is 0 Å². The summed E-state index contributed by atoms with van der Waals surface area (Å²) in [6.45, 7) is 0. The molecule has 2 aromatic heterocycles. The third-order valence-electron chi connectivity index (χ3n) is 6.30. The predicted octanol–water partition coefficient (Wildman–Crippen LogP) is 5.34. The average molecular weight is 495 g/mol. The molecule has 8 nitrogen and oxygen atoms in total. The zero-order valence-corrected chi connectivity index (χ0v) is 20.2. The molecule has 0 unspecified atom stereocenters. The molecule has 9 heteroatoms. The molecule has 1 atom stereocenters. The molecule has 1 N–H and O–H groups in total. The first kappa shape index (κ1) is 22.5. The summed E-state index contributed by atoms with van der Waals surface area (Å²) in [6.07, 6.45) is 5.56. The molecule has 0 saturated heterocycles. The highest BCUT2D eigenvalue weighted by atomic mass is 19.1. The summed E-state index contributed by atoms with van der Waals surface area (Å²) in [5, 5.41) is 12.8. The minimum absolute atomic E-state index is 0.292. The summed E-state index contributed by atoms with van der Waals surface area (Å²) in [5.74, 6) is 1.53. The van der Waals surface area contributed by atoms with Crippen LogP contribution in [0.1, 0.15) is 17.2 Å². The lowest BCUT2D eigenvalue weighted by Crippen LogP contribution is -2.20. The summed E-state index contributed by atoms with van der Waals surface area (Å²) >= 11 is 0. The van der Waals surface area contributed by atoms with E-state index >= 15 is 0 Å². The minimum atomic E-state index is -0.334. The number of hydrogen-bond acceptors (Lipinski definition) is 6. The van der Waals surface area contributed by atoms with Crippen molar-refractivity contribution in [3.8, 4) is 28.4 Å². The Kier molecular flexibility index (Phi) is 5.65. The van der Waals surface area contributed by atoms with Crippen LogP contribution in [0.25, 0.3) is 22.6 Å². The van der Waals surface area contributed by atoms with Gasteiger partial charge in [-0.1, -0.05) is 18.2 Å². The highest BCUT2D eigenvalue weighted by Gasteiger charge is 2.28. The van der Waals surface area contributed by atoms with Crippen LogP contribution in [0.15, 0.2) is 91.4 Å². The summed E-state index contributed by atoms with van der Waals surface area (Å²) < 4.78 is 28.3. The summed E-state index contributed by atoms with van der Waals surface area (Å²) in [4.78, 5) is 4.41. The largest absolute Gasteiger partial charge is 0.493 e. The maximum absolute atomic E-state index is 13.6. The number of nitrogens with one attached hydrogen (secondary N) is 1. The van der Waals surface area contributed by atoms with E-state index in [4.69, 9.17) is 14.6 Å². The van der Waals surface area contributed by atoms with Crippen molar-refractivity contribution in [3.63, 3.8) is 0 Å². The summed E-state index contributed by atoms with van der Waals surface area (Å²) in [6, 6.07) is 21.7. The van der Waals surface area contributed by atoms with Gasteiger partial charge in [-0.05, 0) is 66.2 Å². The van der Waals surface area contributed by atoms with Gasteiger partial charge < -0.3 is 14.8 Å². The maximum Gasteiger partial charge on any atom is 0.226 e. The number of ether oxygens (including phenoxy) is 2. The van der Waals surface area contributed by atoms with Crippen LogP contribution in [0.2, 0.25) is 0 Å². The molecule has 1 aliphatic heterocycles. The molecule has 184 valence electrons. The van der Waals surface area contributed by atoms with Gasteiger partial charge in [-0.15, -0.1) is 0 Å². The normalized spacial score (nSPS) is 14.5. The van der Waals surface area contributed by atoms with E-state index in [1.807, 2.05) is 70.2 Å². The van der Waals surface area contributed by atoms with Gasteiger partial charge in [-0.3, -0.25) is 0 Å². The molecular weight excluding hydrogens is 471 g/mol. The Balaban J connectivity index is 1.54. The van der Waals surface area contributed by atoms with E-state index in [-0.39, 0.29) is 11.9 Å². The van der Waals surface area contributed by atoms with Crippen molar-refractivity contribution in [1.82, 2.24) is 24.5 Å². The molecule has 3 aromatic carbocycles. The zero-order valence-electron chi connectivity index (χ0n) is 20.2. The Bertz CT molecular complexity index is 1590. The summed E-state index contributed by atoms with van der Waals surface area (Å²) in [7, 11) is 3.22. The van der Waals surface area contributed by atoms with Crippen LogP contribution in [0.4, 0.5) is 10.3 Å². The van der Waals surface area contributed by atoms with Gasteiger partial charge in [0.2, 0.25) is 5.95 Å². The predicted molar refractivity (Wildman–Crippen MR) is 138 cm³/mol. The lowest BCUT2D eigenvalue weighted by atomic mass is 9.99. The number of methoxy groups -OCH3 is 2. The van der Waals surface area contributed by atoms with E-state index in [0.29, 0.717) is 17.4 Å². The Morgan fingerprint density at radius 2 is 1.65 bits per heavy atom. The Morgan fingerprint density at radius 3 is 2.41 bits per heavy atom. The van der Waals surface area contributed by atoms with Crippen molar-refractivity contribution < 1.29 is 13.9 Å². The SMILES string of the molecule is COc1ccc(-c2nn(-c3ccccc3)cc2[C@@H]2C=C(c3ccc(F)cc3)Nc3ncnn32)cc1OC. The Hall–Kier alpha value is -4.92. The number of para-hydroxylation sites is 1. The van der Waals surface area contributed by atoms with Gasteiger partial charge >= 0.3 is 0 Å². The third-order valence-corrected chi connectivity index (χ3v) is 6.30. The second kappa shape index (κ2) is 9.27. The van der Waals surface area contributed by atoms with Crippen LogP contribution >= 0.6 is 0 Å². The molecule has 0 amide bonds. The third kappa shape index (κ3) is 4.10. The lowest BCUT2D eigenvalue weighted by Gasteiger charge is -2.24. The minimum Gasteiger partial charge on any atom is -0.493 e. The van der Waals surface area contributed by atoms with Crippen LogP contribution in [0.3, 0.4) is 0 Å². The van der Waals surface area contributed by atoms with Gasteiger partial charge in [0, 0.05) is 23.0 Å². The van der Waals surface area contributed by atoms with E-state index in [2.05, 4.69) is 15.4 Å². The molecular formula is C28H23FN6O2. The molecule has 0 bridgehead atoms. The number of fused-ring (bicyclic) bond motifs is 1. The van der Waals surface area contributed by atoms with Crippen LogP contribution in [0, 0.1) is 5.82 Å². The average Bonchev–Trinajstić information content (AvgIpc) is 3.61. The number of benzene rings is 3. The van der Waals surface area contributed by atoms with Crippen LogP contribution < -0.4 is 14.8 Å². The number of anilines is 1. The number of nitrogens with zero attached hydrogens (tertiary/aromatic N) is 5. The Labute approximate surface area is 212 Å². The fourth-order valence-corrected chi connectivity index (χ4v) is 4.48. The fourth-order valence-electron chi connectivity index (χ4n) is 4.48. The molecule has 0 radical (unpaired) electrons. The van der Waals surface area contributed by atoms with E-state index < -0.39 is 0 Å². The van der Waals surface area contributed by atoms with Gasteiger partial charge in [-0.2, -0.15) is 15.2 Å². The maximum atomic E-state index is 13.6. The Morgan fingerprint density at radius 1 is 0.892 bits per heavy atom. The highest BCUT2D eigenvalue weighted by molar-refractivity contribution is 5.78. The number of rotatable bonds is 6. The first-order valence-corrected chi connectivity index (χ1v) is 11.7. The molecule has 37 heavy (non-hydrogen) atoms. The number of hydrogen-bond donors (Lipinski definition) is 1. The van der Waals surface area contributed by atoms with E-state index in [9.17, 15) is 4.39 Å². The summed E-state index contributed by atoms with van der Waals surface area (Å²) in [5.41, 5.74) is 5.09. The van der Waals surface area contributed by atoms with Crippen LogP contribution in [-0.2, 0) is 0 Å². The molecule has 1 aliphatic rings. The second-order valence-corrected chi connectivity index (χ2v) is 8.47. The molecule has 6 rings (SSSR count). The standard InChI is InChI=1S/C28H23FN6O2/c1-36-25-13-10-19(14-26(25)37-2)27-22(16-34(33-27)21-6-4-3-5-7-21)24-15-23(18-8-11-20(29)12-9-18)32-28-30-17-31-35(24)28/h3-17,24H,1-2H3,(H,30,31,32)/t24-/m0/s1. The van der Waals surface area contributed by atoms with Crippen LogP contribution in [0.5, 0.6) is 11.5 Å². The highest BCUT2D eigenvalue weighted by Crippen LogP contribution is 2.39. The second-order valence-electron chi connectivity index (χ2n) is 8.47. The topological polar surface area (TPSA) is 79.0 Å². The number of aromatic nitrogens is 5. The van der Waals surface area contributed by atoms with Crippen molar-refractivity contribution in [1.29, 1.82) is 0 Å². The van der Waals surface area contributed by atoms with Gasteiger partial charge in [0.05, 0.1) is 25.6 Å². The molecule has 0 aliphatic carbocycles. The van der Waals surface area contributed by atoms with Crippen molar-refractivity contribution in [2.45, 2.75) is 6.04 Å². The van der Waals surface area contributed by atoms with Crippen LogP contribution in [-0.4, -0.2) is 38.8 Å². The monoisotopic (exact) mass is 494 g/mol. The molecule has 3 heterocycles. The van der Waals surface area contributed by atoms with Gasteiger partial charge in [0.25, 0.3) is 0 Å². The van der Waals surface area contributed by atoms with E-state index in [0.717, 1.165) is 33.8 Å². The number of halogens is 1. The van der Waals surface area contributed by atoms with Gasteiger partial charge in [-0.25, -0.2) is 13.8 Å². The molecule has 0 spiro atoms. The van der Waals surface area contributed by atoms with Crippen molar-refractivity contribution in [2.75, 3.05) is 19.5 Å². The van der Waals surface area contributed by atoms with E-state index in [1.165, 1.54) is 18.5 Å². The van der Waals surface area contributed by atoms with Crippen molar-refractivity contribution >= 4 is 11.6 Å². The number of allylic oxidation sites excluding steroid dienone is 1. The van der Waals surface area contributed by atoms with Gasteiger partial charge in [0.1, 0.15) is 18.2 Å². The molecule has 0 saturated carbocycles.